The first-order valence-electron chi connectivity index (χ1n) is 7.00. The second-order valence-corrected chi connectivity index (χ2v) is 5.28. The van der Waals surface area contributed by atoms with Crippen LogP contribution >= 0.6 is 0 Å². The highest BCUT2D eigenvalue weighted by Crippen LogP contribution is 2.24. The van der Waals surface area contributed by atoms with Gasteiger partial charge in [0, 0.05) is 38.9 Å². The summed E-state index contributed by atoms with van der Waals surface area (Å²) < 4.78 is 7.05. The van der Waals surface area contributed by atoms with Crippen LogP contribution in [0.3, 0.4) is 0 Å². The van der Waals surface area contributed by atoms with Gasteiger partial charge in [-0.3, -0.25) is 0 Å². The largest absolute Gasteiger partial charge is 0.396 e. The normalized spacial score (nSPS) is 19.7. The SMILES string of the molecule is COCc1cc(N2CCC[C@@H](CO)C2)n2nccc2n1. The van der Waals surface area contributed by atoms with Gasteiger partial charge in [0.2, 0.25) is 0 Å². The minimum absolute atomic E-state index is 0.245. The summed E-state index contributed by atoms with van der Waals surface area (Å²) >= 11 is 0. The Balaban J connectivity index is 1.98. The van der Waals surface area contributed by atoms with Crippen LogP contribution < -0.4 is 4.90 Å². The summed E-state index contributed by atoms with van der Waals surface area (Å²) in [5, 5.41) is 13.7. The summed E-state index contributed by atoms with van der Waals surface area (Å²) in [6.07, 6.45) is 3.94. The Hall–Kier alpha value is -1.66. The number of nitrogens with zero attached hydrogens (tertiary/aromatic N) is 4. The van der Waals surface area contributed by atoms with E-state index in [9.17, 15) is 5.11 Å². The van der Waals surface area contributed by atoms with Gasteiger partial charge in [-0.05, 0) is 18.8 Å². The number of rotatable bonds is 4. The van der Waals surface area contributed by atoms with Crippen LogP contribution in [0.25, 0.3) is 5.65 Å². The van der Waals surface area contributed by atoms with E-state index in [4.69, 9.17) is 4.74 Å². The molecule has 1 fully saturated rings. The Morgan fingerprint density at radius 3 is 3.20 bits per heavy atom. The van der Waals surface area contributed by atoms with Crippen molar-refractivity contribution in [1.29, 1.82) is 0 Å². The third-order valence-electron chi connectivity index (χ3n) is 3.79. The summed E-state index contributed by atoms with van der Waals surface area (Å²) in [5.41, 5.74) is 1.74. The predicted molar refractivity (Wildman–Crippen MR) is 75.7 cm³/mol. The number of ether oxygens (including phenoxy) is 1. The number of aromatic nitrogens is 3. The Morgan fingerprint density at radius 2 is 2.40 bits per heavy atom. The van der Waals surface area contributed by atoms with Crippen LogP contribution in [-0.4, -0.2) is 46.5 Å². The fourth-order valence-electron chi connectivity index (χ4n) is 2.82. The molecule has 6 heteroatoms. The molecule has 108 valence electrons. The number of fused-ring (bicyclic) bond motifs is 1. The van der Waals surface area contributed by atoms with Gasteiger partial charge in [0.15, 0.2) is 5.65 Å². The number of aliphatic hydroxyl groups excluding tert-OH is 1. The molecule has 1 aliphatic heterocycles. The number of hydrogen-bond acceptors (Lipinski definition) is 5. The molecule has 0 spiro atoms. The lowest BCUT2D eigenvalue weighted by Gasteiger charge is -2.33. The van der Waals surface area contributed by atoms with E-state index < -0.39 is 0 Å². The first kappa shape index (κ1) is 13.3. The van der Waals surface area contributed by atoms with Crippen LogP contribution in [0.15, 0.2) is 18.3 Å². The summed E-state index contributed by atoms with van der Waals surface area (Å²) in [7, 11) is 1.67. The number of methoxy groups -OCH3 is 1. The Kier molecular flexibility index (Phi) is 3.84. The maximum absolute atomic E-state index is 9.39. The molecular weight excluding hydrogens is 256 g/mol. The zero-order valence-electron chi connectivity index (χ0n) is 11.7. The fourth-order valence-corrected chi connectivity index (χ4v) is 2.82. The van der Waals surface area contributed by atoms with Crippen molar-refractivity contribution in [2.75, 3.05) is 31.7 Å². The standard InChI is InChI=1S/C14H20N4O2/c1-20-10-12-7-14(18-13(16-12)4-5-15-18)17-6-2-3-11(8-17)9-19/h4-5,7,11,19H,2-3,6,8-10H2,1H3/t11-/m1/s1. The average molecular weight is 276 g/mol. The molecule has 3 rings (SSSR count). The van der Waals surface area contributed by atoms with Gasteiger partial charge >= 0.3 is 0 Å². The first-order chi connectivity index (χ1) is 9.81. The molecular formula is C14H20N4O2. The molecule has 1 N–H and O–H groups in total. The van der Waals surface area contributed by atoms with Gasteiger partial charge in [-0.2, -0.15) is 9.61 Å². The van der Waals surface area contributed by atoms with E-state index in [0.29, 0.717) is 12.5 Å². The lowest BCUT2D eigenvalue weighted by atomic mass is 9.99. The first-order valence-corrected chi connectivity index (χ1v) is 7.00. The molecule has 2 aromatic rings. The van der Waals surface area contributed by atoms with Crippen molar-refractivity contribution in [1.82, 2.24) is 14.6 Å². The van der Waals surface area contributed by atoms with Gasteiger partial charge in [0.1, 0.15) is 5.82 Å². The molecule has 1 atom stereocenters. The zero-order chi connectivity index (χ0) is 13.9. The molecule has 1 saturated heterocycles. The second kappa shape index (κ2) is 5.76. The van der Waals surface area contributed by atoms with Gasteiger partial charge in [0.25, 0.3) is 0 Å². The molecule has 0 radical (unpaired) electrons. The molecule has 20 heavy (non-hydrogen) atoms. The van der Waals surface area contributed by atoms with Crippen LogP contribution in [0.2, 0.25) is 0 Å². The molecule has 1 aliphatic rings. The Bertz CT molecular complexity index is 584. The fraction of sp³-hybridized carbons (Fsp3) is 0.571. The number of anilines is 1. The van der Waals surface area contributed by atoms with Crippen molar-refractivity contribution >= 4 is 11.5 Å². The van der Waals surface area contributed by atoms with Crippen LogP contribution in [0.4, 0.5) is 5.82 Å². The molecule has 0 aliphatic carbocycles. The lowest BCUT2D eigenvalue weighted by Crippen LogP contribution is -2.38. The molecule has 0 bridgehead atoms. The van der Waals surface area contributed by atoms with E-state index >= 15 is 0 Å². The molecule has 3 heterocycles. The molecule has 6 nitrogen and oxygen atoms in total. The van der Waals surface area contributed by atoms with Crippen molar-refractivity contribution in [3.05, 3.63) is 24.0 Å². The minimum atomic E-state index is 0.245. The summed E-state index contributed by atoms with van der Waals surface area (Å²) in [5.74, 6) is 1.37. The van der Waals surface area contributed by atoms with Crippen LogP contribution in [0.1, 0.15) is 18.5 Å². The maximum atomic E-state index is 9.39. The summed E-state index contributed by atoms with van der Waals surface area (Å²) in [6, 6.07) is 3.93. The molecule has 2 aromatic heterocycles. The number of hydrogen-bond donors (Lipinski definition) is 1. The predicted octanol–water partition coefficient (Wildman–Crippen LogP) is 1.08. The molecule has 0 saturated carbocycles. The summed E-state index contributed by atoms with van der Waals surface area (Å²) in [6.45, 7) is 2.59. The van der Waals surface area contributed by atoms with Crippen LogP contribution in [-0.2, 0) is 11.3 Å². The molecule has 0 amide bonds. The van der Waals surface area contributed by atoms with Gasteiger partial charge in [-0.1, -0.05) is 0 Å². The van der Waals surface area contributed by atoms with Gasteiger partial charge in [0.05, 0.1) is 18.5 Å². The highest BCUT2D eigenvalue weighted by Gasteiger charge is 2.22. The van der Waals surface area contributed by atoms with Crippen molar-refractivity contribution in [3.8, 4) is 0 Å². The quantitative estimate of drug-likeness (QED) is 0.905. The number of piperidine rings is 1. The van der Waals surface area contributed by atoms with E-state index in [1.165, 1.54) is 0 Å². The topological polar surface area (TPSA) is 62.9 Å². The van der Waals surface area contributed by atoms with Gasteiger partial charge in [-0.15, -0.1) is 0 Å². The lowest BCUT2D eigenvalue weighted by molar-refractivity contribution is 0.181. The Labute approximate surface area is 118 Å². The van der Waals surface area contributed by atoms with Crippen LogP contribution in [0, 0.1) is 5.92 Å². The number of aliphatic hydroxyl groups is 1. The van der Waals surface area contributed by atoms with E-state index in [1.54, 1.807) is 13.3 Å². The van der Waals surface area contributed by atoms with E-state index in [2.05, 4.69) is 15.0 Å². The van der Waals surface area contributed by atoms with Crippen molar-refractivity contribution in [2.24, 2.45) is 5.92 Å². The van der Waals surface area contributed by atoms with Gasteiger partial charge in [-0.25, -0.2) is 4.98 Å². The van der Waals surface area contributed by atoms with E-state index in [0.717, 1.165) is 43.1 Å². The third kappa shape index (κ3) is 2.48. The third-order valence-corrected chi connectivity index (χ3v) is 3.79. The van der Waals surface area contributed by atoms with Crippen molar-refractivity contribution in [3.63, 3.8) is 0 Å². The monoisotopic (exact) mass is 276 g/mol. The zero-order valence-corrected chi connectivity index (χ0v) is 11.7. The van der Waals surface area contributed by atoms with E-state index in [-0.39, 0.29) is 6.61 Å². The minimum Gasteiger partial charge on any atom is -0.396 e. The van der Waals surface area contributed by atoms with Crippen molar-refractivity contribution in [2.45, 2.75) is 19.4 Å². The average Bonchev–Trinajstić information content (AvgIpc) is 2.95. The Morgan fingerprint density at radius 1 is 1.50 bits per heavy atom. The van der Waals surface area contributed by atoms with E-state index in [1.807, 2.05) is 16.6 Å². The summed E-state index contributed by atoms with van der Waals surface area (Å²) in [4.78, 5) is 6.80. The highest BCUT2D eigenvalue weighted by atomic mass is 16.5. The second-order valence-electron chi connectivity index (χ2n) is 5.28. The highest BCUT2D eigenvalue weighted by molar-refractivity contribution is 5.51. The van der Waals surface area contributed by atoms with Gasteiger partial charge < -0.3 is 14.7 Å². The molecule has 0 unspecified atom stereocenters. The van der Waals surface area contributed by atoms with Crippen molar-refractivity contribution < 1.29 is 9.84 Å². The molecule has 0 aromatic carbocycles. The van der Waals surface area contributed by atoms with Crippen LogP contribution in [0.5, 0.6) is 0 Å². The maximum Gasteiger partial charge on any atom is 0.157 e. The smallest absolute Gasteiger partial charge is 0.157 e.